The first kappa shape index (κ1) is 15.4. The van der Waals surface area contributed by atoms with Crippen LogP contribution >= 0.6 is 0 Å². The number of carbonyl (C=O) groups excluding carboxylic acids is 2. The summed E-state index contributed by atoms with van der Waals surface area (Å²) in [6, 6.07) is 15.8. The number of rotatable bonds is 4. The van der Waals surface area contributed by atoms with Gasteiger partial charge in [0.1, 0.15) is 6.33 Å². The third-order valence-electron chi connectivity index (χ3n) is 3.47. The number of anilines is 2. The smallest absolute Gasteiger partial charge is 0.258 e. The first-order valence-corrected chi connectivity index (χ1v) is 7.25. The molecule has 2 aromatic carbocycles. The summed E-state index contributed by atoms with van der Waals surface area (Å²) >= 11 is 0. The summed E-state index contributed by atoms with van der Waals surface area (Å²) in [5, 5.41) is 8.78. The molecule has 3 rings (SSSR count). The number of H-pyrrole nitrogens is 1. The van der Waals surface area contributed by atoms with Crippen molar-refractivity contribution in [3.05, 3.63) is 72.1 Å². The van der Waals surface area contributed by atoms with E-state index in [2.05, 4.69) is 20.5 Å². The number of hydrogen-bond donors (Lipinski definition) is 2. The maximum Gasteiger partial charge on any atom is 0.258 e. The monoisotopic (exact) mass is 321 g/mol. The number of hydrogen-bond acceptors (Lipinski definition) is 4. The summed E-state index contributed by atoms with van der Waals surface area (Å²) in [4.78, 5) is 30.2. The molecule has 1 aromatic heterocycles. The van der Waals surface area contributed by atoms with Crippen molar-refractivity contribution >= 4 is 23.5 Å². The van der Waals surface area contributed by atoms with Gasteiger partial charge in [0.15, 0.2) is 0 Å². The molecule has 1 heterocycles. The second-order valence-corrected chi connectivity index (χ2v) is 5.07. The highest BCUT2D eigenvalue weighted by molar-refractivity contribution is 6.09. The summed E-state index contributed by atoms with van der Waals surface area (Å²) in [6.07, 6.45) is 1.30. The Kier molecular flexibility index (Phi) is 4.33. The summed E-state index contributed by atoms with van der Waals surface area (Å²) in [5.74, 6) is -0.322. The van der Waals surface area contributed by atoms with Gasteiger partial charge < -0.3 is 4.90 Å². The lowest BCUT2D eigenvalue weighted by Gasteiger charge is -2.17. The molecular formula is C17H15N5O2. The van der Waals surface area contributed by atoms with E-state index >= 15 is 0 Å². The van der Waals surface area contributed by atoms with Gasteiger partial charge >= 0.3 is 0 Å². The maximum atomic E-state index is 12.6. The Labute approximate surface area is 138 Å². The van der Waals surface area contributed by atoms with Crippen LogP contribution in [0.15, 0.2) is 60.9 Å². The molecular weight excluding hydrogens is 306 g/mol. The van der Waals surface area contributed by atoms with Gasteiger partial charge in [-0.1, -0.05) is 24.3 Å². The number of benzene rings is 2. The van der Waals surface area contributed by atoms with Crippen molar-refractivity contribution in [1.29, 1.82) is 0 Å². The van der Waals surface area contributed by atoms with Crippen molar-refractivity contribution in [2.24, 2.45) is 0 Å². The average Bonchev–Trinajstić information content (AvgIpc) is 3.14. The Balaban J connectivity index is 1.79. The van der Waals surface area contributed by atoms with Gasteiger partial charge in [-0.15, -0.1) is 0 Å². The van der Waals surface area contributed by atoms with Gasteiger partial charge in [0, 0.05) is 23.9 Å². The van der Waals surface area contributed by atoms with Gasteiger partial charge in [-0.05, 0) is 30.3 Å². The molecule has 0 fully saturated rings. The third kappa shape index (κ3) is 3.30. The van der Waals surface area contributed by atoms with Crippen molar-refractivity contribution in [3.8, 4) is 0 Å². The second-order valence-electron chi connectivity index (χ2n) is 5.07. The molecule has 7 heteroatoms. The molecule has 0 aliphatic carbocycles. The van der Waals surface area contributed by atoms with Crippen LogP contribution < -0.4 is 10.2 Å². The lowest BCUT2D eigenvalue weighted by molar-refractivity contribution is 0.0993. The first-order valence-electron chi connectivity index (χ1n) is 7.25. The Hall–Kier alpha value is -3.48. The molecule has 0 bridgehead atoms. The molecule has 0 atom stereocenters. The number of aromatic nitrogens is 3. The molecule has 0 radical (unpaired) electrons. The summed E-state index contributed by atoms with van der Waals surface area (Å²) < 4.78 is 0. The second kappa shape index (κ2) is 6.74. The highest BCUT2D eigenvalue weighted by Gasteiger charge is 2.15. The van der Waals surface area contributed by atoms with E-state index in [9.17, 15) is 9.59 Å². The van der Waals surface area contributed by atoms with Crippen LogP contribution in [0.25, 0.3) is 0 Å². The molecule has 0 aliphatic rings. The van der Waals surface area contributed by atoms with Gasteiger partial charge in [-0.3, -0.25) is 14.9 Å². The maximum absolute atomic E-state index is 12.6. The number of amides is 2. The van der Waals surface area contributed by atoms with E-state index in [1.54, 1.807) is 31.3 Å². The van der Waals surface area contributed by atoms with E-state index in [-0.39, 0.29) is 17.8 Å². The molecule has 2 amide bonds. The van der Waals surface area contributed by atoms with Gasteiger partial charge in [-0.2, -0.15) is 10.1 Å². The van der Waals surface area contributed by atoms with Gasteiger partial charge in [0.2, 0.25) is 5.95 Å². The zero-order chi connectivity index (χ0) is 16.9. The van der Waals surface area contributed by atoms with Crippen LogP contribution in [0.2, 0.25) is 0 Å². The van der Waals surface area contributed by atoms with Crippen molar-refractivity contribution in [3.63, 3.8) is 0 Å². The Morgan fingerprint density at radius 3 is 2.50 bits per heavy atom. The van der Waals surface area contributed by atoms with Gasteiger partial charge in [-0.25, -0.2) is 5.10 Å². The highest BCUT2D eigenvalue weighted by atomic mass is 16.2. The molecule has 3 aromatic rings. The van der Waals surface area contributed by atoms with Crippen LogP contribution in [0.4, 0.5) is 11.6 Å². The van der Waals surface area contributed by atoms with Crippen LogP contribution in [0.3, 0.4) is 0 Å². The van der Waals surface area contributed by atoms with E-state index in [0.29, 0.717) is 11.1 Å². The van der Waals surface area contributed by atoms with Crippen LogP contribution in [0, 0.1) is 0 Å². The van der Waals surface area contributed by atoms with E-state index in [4.69, 9.17) is 0 Å². The lowest BCUT2D eigenvalue weighted by atomic mass is 10.1. The highest BCUT2D eigenvalue weighted by Crippen LogP contribution is 2.16. The number of para-hydroxylation sites is 1. The zero-order valence-corrected chi connectivity index (χ0v) is 12.9. The summed E-state index contributed by atoms with van der Waals surface area (Å²) in [6.45, 7) is 0. The molecule has 0 spiro atoms. The quantitative estimate of drug-likeness (QED) is 0.771. The van der Waals surface area contributed by atoms with Gasteiger partial charge in [0.25, 0.3) is 11.8 Å². The third-order valence-corrected chi connectivity index (χ3v) is 3.47. The van der Waals surface area contributed by atoms with E-state index in [1.165, 1.54) is 11.2 Å². The molecule has 0 aliphatic heterocycles. The fourth-order valence-electron chi connectivity index (χ4n) is 2.20. The van der Waals surface area contributed by atoms with Crippen molar-refractivity contribution < 1.29 is 9.59 Å². The number of aromatic amines is 1. The van der Waals surface area contributed by atoms with Crippen molar-refractivity contribution in [2.75, 3.05) is 17.3 Å². The molecule has 24 heavy (non-hydrogen) atoms. The Morgan fingerprint density at radius 2 is 1.79 bits per heavy atom. The Bertz CT molecular complexity index is 846. The van der Waals surface area contributed by atoms with Crippen LogP contribution in [0.1, 0.15) is 20.7 Å². The molecule has 120 valence electrons. The molecule has 0 unspecified atom stereocenters. The normalized spacial score (nSPS) is 10.2. The molecule has 2 N–H and O–H groups in total. The van der Waals surface area contributed by atoms with Crippen molar-refractivity contribution in [1.82, 2.24) is 15.2 Å². The van der Waals surface area contributed by atoms with Crippen LogP contribution in [-0.2, 0) is 0 Å². The fourth-order valence-corrected chi connectivity index (χ4v) is 2.20. The first-order chi connectivity index (χ1) is 11.6. The number of nitrogens with zero attached hydrogens (tertiary/aromatic N) is 3. The minimum Gasteiger partial charge on any atom is -0.311 e. The molecule has 0 saturated carbocycles. The zero-order valence-electron chi connectivity index (χ0n) is 12.9. The minimum atomic E-state index is -0.372. The number of nitrogens with one attached hydrogen (secondary N) is 2. The standard InChI is InChI=1S/C17H15N5O2/c1-22(14-8-3-2-4-9-14)16(24)13-7-5-6-12(10-13)15(23)20-17-18-11-19-21-17/h2-11H,1H3,(H2,18,19,20,21,23). The van der Waals surface area contributed by atoms with E-state index in [0.717, 1.165) is 5.69 Å². The predicted octanol–water partition coefficient (Wildman–Crippen LogP) is 2.33. The topological polar surface area (TPSA) is 91.0 Å². The van der Waals surface area contributed by atoms with Crippen molar-refractivity contribution in [2.45, 2.75) is 0 Å². The largest absolute Gasteiger partial charge is 0.311 e. The molecule has 7 nitrogen and oxygen atoms in total. The Morgan fingerprint density at radius 1 is 1.04 bits per heavy atom. The fraction of sp³-hybridized carbons (Fsp3) is 0.0588. The number of carbonyl (C=O) groups is 2. The average molecular weight is 321 g/mol. The van der Waals surface area contributed by atoms with E-state index in [1.807, 2.05) is 30.3 Å². The minimum absolute atomic E-state index is 0.199. The molecule has 0 saturated heterocycles. The van der Waals surface area contributed by atoms with Gasteiger partial charge in [0.05, 0.1) is 0 Å². The van der Waals surface area contributed by atoms with Crippen LogP contribution in [0.5, 0.6) is 0 Å². The lowest BCUT2D eigenvalue weighted by Crippen LogP contribution is -2.26. The van der Waals surface area contributed by atoms with E-state index < -0.39 is 0 Å². The predicted molar refractivity (Wildman–Crippen MR) is 90.0 cm³/mol. The SMILES string of the molecule is CN(C(=O)c1cccc(C(=O)Nc2ncn[nH]2)c1)c1ccccc1. The summed E-state index contributed by atoms with van der Waals surface area (Å²) in [7, 11) is 1.69. The van der Waals surface area contributed by atoms with Crippen LogP contribution in [-0.4, -0.2) is 34.0 Å². The summed E-state index contributed by atoms with van der Waals surface area (Å²) in [5.41, 5.74) is 1.56.